The Balaban J connectivity index is 1.91. The largest absolute Gasteiger partial charge is 0.373 e. The zero-order chi connectivity index (χ0) is 13.8. The zero-order valence-corrected chi connectivity index (χ0v) is 12.6. The molecule has 2 rings (SSSR count). The number of ether oxygens (including phenoxy) is 1. The van der Waals surface area contributed by atoms with Crippen LogP contribution >= 0.6 is 11.6 Å². The molecule has 3 heteroatoms. The number of hydrogen-bond acceptors (Lipinski definition) is 2. The predicted molar refractivity (Wildman–Crippen MR) is 80.1 cm³/mol. The van der Waals surface area contributed by atoms with Crippen LogP contribution in [-0.2, 0) is 17.9 Å². The lowest BCUT2D eigenvalue weighted by molar-refractivity contribution is -0.00912. The minimum Gasteiger partial charge on any atom is -0.373 e. The maximum absolute atomic E-state index is 6.25. The molecule has 0 aromatic heterocycles. The van der Waals surface area contributed by atoms with Gasteiger partial charge in [-0.05, 0) is 48.3 Å². The maximum Gasteiger partial charge on any atom is 0.0735 e. The maximum atomic E-state index is 6.25. The second kappa shape index (κ2) is 6.74. The van der Waals surface area contributed by atoms with E-state index in [4.69, 9.17) is 22.1 Å². The van der Waals surface area contributed by atoms with Gasteiger partial charge in [0, 0.05) is 11.6 Å². The van der Waals surface area contributed by atoms with Crippen molar-refractivity contribution < 1.29 is 4.74 Å². The summed E-state index contributed by atoms with van der Waals surface area (Å²) in [5.41, 5.74) is 7.72. The molecular weight excluding hydrogens is 258 g/mol. The summed E-state index contributed by atoms with van der Waals surface area (Å²) < 4.78 is 6.05. The van der Waals surface area contributed by atoms with Crippen molar-refractivity contribution in [3.63, 3.8) is 0 Å². The Labute approximate surface area is 121 Å². The standard InChI is InChI=1S/C16H24ClNO/c1-11-5-12(2)7-15(6-11)19-10-14-4-3-13(9-18)8-16(14)17/h3-4,8,11-12,15H,5-7,9-10,18H2,1-2H3. The van der Waals surface area contributed by atoms with Gasteiger partial charge in [0.15, 0.2) is 0 Å². The van der Waals surface area contributed by atoms with E-state index in [1.165, 1.54) is 19.3 Å². The van der Waals surface area contributed by atoms with Crippen LogP contribution < -0.4 is 5.73 Å². The SMILES string of the molecule is CC1CC(C)CC(OCc2ccc(CN)cc2Cl)C1. The quantitative estimate of drug-likeness (QED) is 0.900. The highest BCUT2D eigenvalue weighted by Gasteiger charge is 2.24. The van der Waals surface area contributed by atoms with E-state index < -0.39 is 0 Å². The van der Waals surface area contributed by atoms with Crippen molar-refractivity contribution in [2.45, 2.75) is 52.4 Å². The fourth-order valence-corrected chi connectivity index (χ4v) is 3.31. The second-order valence-corrected chi connectivity index (χ2v) is 6.39. The van der Waals surface area contributed by atoms with E-state index in [0.29, 0.717) is 19.3 Å². The molecule has 1 fully saturated rings. The van der Waals surface area contributed by atoms with E-state index in [1.54, 1.807) is 0 Å². The van der Waals surface area contributed by atoms with Gasteiger partial charge in [0.05, 0.1) is 12.7 Å². The molecule has 2 N–H and O–H groups in total. The summed E-state index contributed by atoms with van der Waals surface area (Å²) in [4.78, 5) is 0. The number of rotatable bonds is 4. The van der Waals surface area contributed by atoms with Crippen molar-refractivity contribution in [2.24, 2.45) is 17.6 Å². The van der Waals surface area contributed by atoms with Crippen molar-refractivity contribution in [3.8, 4) is 0 Å². The molecule has 0 spiro atoms. The average molecular weight is 282 g/mol. The third-order valence-corrected chi connectivity index (χ3v) is 4.31. The van der Waals surface area contributed by atoms with Crippen LogP contribution in [0.4, 0.5) is 0 Å². The first kappa shape index (κ1) is 14.8. The highest BCUT2D eigenvalue weighted by Crippen LogP contribution is 2.31. The fraction of sp³-hybridized carbons (Fsp3) is 0.625. The zero-order valence-electron chi connectivity index (χ0n) is 11.9. The number of nitrogens with two attached hydrogens (primary N) is 1. The molecule has 1 aliphatic carbocycles. The monoisotopic (exact) mass is 281 g/mol. The molecule has 106 valence electrons. The van der Waals surface area contributed by atoms with Gasteiger partial charge in [-0.3, -0.25) is 0 Å². The summed E-state index contributed by atoms with van der Waals surface area (Å²) in [6.45, 7) is 5.76. The Morgan fingerprint density at radius 1 is 1.21 bits per heavy atom. The summed E-state index contributed by atoms with van der Waals surface area (Å²) in [5, 5.41) is 0.764. The van der Waals surface area contributed by atoms with E-state index in [2.05, 4.69) is 13.8 Å². The van der Waals surface area contributed by atoms with Gasteiger partial charge in [-0.15, -0.1) is 0 Å². The van der Waals surface area contributed by atoms with Crippen LogP contribution in [-0.4, -0.2) is 6.10 Å². The van der Waals surface area contributed by atoms with Gasteiger partial charge in [-0.1, -0.05) is 37.6 Å². The molecule has 2 atom stereocenters. The summed E-state index contributed by atoms with van der Waals surface area (Å²) in [6, 6.07) is 5.99. The second-order valence-electron chi connectivity index (χ2n) is 5.98. The lowest BCUT2D eigenvalue weighted by Crippen LogP contribution is -2.26. The van der Waals surface area contributed by atoms with Gasteiger partial charge in [0.25, 0.3) is 0 Å². The van der Waals surface area contributed by atoms with Crippen molar-refractivity contribution >= 4 is 11.6 Å². The van der Waals surface area contributed by atoms with E-state index in [0.717, 1.165) is 28.0 Å². The van der Waals surface area contributed by atoms with Crippen LogP contribution in [0.15, 0.2) is 18.2 Å². The Kier molecular flexibility index (Phi) is 5.26. The van der Waals surface area contributed by atoms with Gasteiger partial charge in [-0.25, -0.2) is 0 Å². The van der Waals surface area contributed by atoms with Crippen molar-refractivity contribution in [3.05, 3.63) is 34.3 Å². The molecule has 0 saturated heterocycles. The first-order valence-corrected chi connectivity index (χ1v) is 7.55. The normalized spacial score (nSPS) is 27.5. The molecule has 0 radical (unpaired) electrons. The molecule has 1 saturated carbocycles. The molecule has 1 aliphatic rings. The van der Waals surface area contributed by atoms with E-state index >= 15 is 0 Å². The molecule has 0 heterocycles. The Bertz CT molecular complexity index is 411. The van der Waals surface area contributed by atoms with Gasteiger partial charge < -0.3 is 10.5 Å². The van der Waals surface area contributed by atoms with E-state index in [9.17, 15) is 0 Å². The van der Waals surface area contributed by atoms with Crippen molar-refractivity contribution in [1.82, 2.24) is 0 Å². The minimum atomic E-state index is 0.379. The first-order chi connectivity index (χ1) is 9.08. The summed E-state index contributed by atoms with van der Waals surface area (Å²) in [6.07, 6.45) is 4.04. The van der Waals surface area contributed by atoms with Crippen LogP contribution in [0.25, 0.3) is 0 Å². The van der Waals surface area contributed by atoms with E-state index in [1.807, 2.05) is 18.2 Å². The number of benzene rings is 1. The van der Waals surface area contributed by atoms with Gasteiger partial charge in [-0.2, -0.15) is 0 Å². The highest BCUT2D eigenvalue weighted by molar-refractivity contribution is 6.31. The highest BCUT2D eigenvalue weighted by atomic mass is 35.5. The molecule has 2 nitrogen and oxygen atoms in total. The Hall–Kier alpha value is -0.570. The van der Waals surface area contributed by atoms with Crippen LogP contribution in [0, 0.1) is 11.8 Å². The third-order valence-electron chi connectivity index (χ3n) is 3.96. The number of halogens is 1. The van der Waals surface area contributed by atoms with Crippen LogP contribution in [0.5, 0.6) is 0 Å². The lowest BCUT2D eigenvalue weighted by Gasteiger charge is -2.31. The third kappa shape index (κ3) is 4.20. The predicted octanol–water partition coefficient (Wildman–Crippen LogP) is 4.14. The summed E-state index contributed by atoms with van der Waals surface area (Å²) >= 11 is 6.25. The Morgan fingerprint density at radius 2 is 1.89 bits per heavy atom. The molecule has 2 unspecified atom stereocenters. The van der Waals surface area contributed by atoms with Crippen LogP contribution in [0.2, 0.25) is 5.02 Å². The molecular formula is C16H24ClNO. The molecule has 1 aromatic rings. The molecule has 0 bridgehead atoms. The van der Waals surface area contributed by atoms with Crippen molar-refractivity contribution in [2.75, 3.05) is 0 Å². The molecule has 0 aliphatic heterocycles. The Morgan fingerprint density at radius 3 is 2.47 bits per heavy atom. The molecule has 19 heavy (non-hydrogen) atoms. The average Bonchev–Trinajstić information content (AvgIpc) is 2.36. The van der Waals surface area contributed by atoms with E-state index in [-0.39, 0.29) is 0 Å². The van der Waals surface area contributed by atoms with Gasteiger partial charge >= 0.3 is 0 Å². The van der Waals surface area contributed by atoms with Crippen LogP contribution in [0.1, 0.15) is 44.2 Å². The van der Waals surface area contributed by atoms with Gasteiger partial charge in [0.1, 0.15) is 0 Å². The summed E-state index contributed by atoms with van der Waals surface area (Å²) in [7, 11) is 0. The minimum absolute atomic E-state index is 0.379. The first-order valence-electron chi connectivity index (χ1n) is 7.17. The van der Waals surface area contributed by atoms with Crippen LogP contribution in [0.3, 0.4) is 0 Å². The fourth-order valence-electron chi connectivity index (χ4n) is 3.05. The smallest absolute Gasteiger partial charge is 0.0735 e. The molecule has 0 amide bonds. The lowest BCUT2D eigenvalue weighted by atomic mass is 9.82. The molecule has 1 aromatic carbocycles. The van der Waals surface area contributed by atoms with Crippen molar-refractivity contribution in [1.29, 1.82) is 0 Å². The topological polar surface area (TPSA) is 35.2 Å². The summed E-state index contributed by atoms with van der Waals surface area (Å²) in [5.74, 6) is 1.53. The number of hydrogen-bond donors (Lipinski definition) is 1. The van der Waals surface area contributed by atoms with Gasteiger partial charge in [0.2, 0.25) is 0 Å².